The van der Waals surface area contributed by atoms with E-state index in [2.05, 4.69) is 31.5 Å². The van der Waals surface area contributed by atoms with Crippen LogP contribution in [0.25, 0.3) is 10.2 Å². The lowest BCUT2D eigenvalue weighted by Crippen LogP contribution is -2.55. The van der Waals surface area contributed by atoms with E-state index in [1.807, 2.05) is 30.4 Å². The maximum absolute atomic E-state index is 14.2. The van der Waals surface area contributed by atoms with Gasteiger partial charge in [-0.05, 0) is 62.1 Å². The van der Waals surface area contributed by atoms with Gasteiger partial charge < -0.3 is 25.4 Å². The molecule has 3 heterocycles. The first-order chi connectivity index (χ1) is 21.9. The minimum absolute atomic E-state index is 0.0146. The lowest BCUT2D eigenvalue weighted by atomic mass is 10.0. The number of carbonyl (C=O) groups excluding carboxylic acids is 2. The minimum Gasteiger partial charge on any atom is -0.479 e. The fourth-order valence-electron chi connectivity index (χ4n) is 6.20. The Morgan fingerprint density at radius 3 is 2.78 bits per heavy atom. The fourth-order valence-corrected chi connectivity index (χ4v) is 7.64. The van der Waals surface area contributed by atoms with Gasteiger partial charge in [-0.3, -0.25) is 9.59 Å². The Bertz CT molecular complexity index is 1680. The van der Waals surface area contributed by atoms with Gasteiger partial charge in [0.05, 0.1) is 22.3 Å². The first kappa shape index (κ1) is 32.3. The summed E-state index contributed by atoms with van der Waals surface area (Å²) in [7, 11) is 0. The zero-order valence-corrected chi connectivity index (χ0v) is 27.0. The molecule has 0 unspecified atom stereocenters. The Kier molecular flexibility index (Phi) is 9.03. The molecule has 0 spiro atoms. The first-order valence-electron chi connectivity index (χ1n) is 15.1. The van der Waals surface area contributed by atoms with Gasteiger partial charge in [-0.1, -0.05) is 58.3 Å². The summed E-state index contributed by atoms with van der Waals surface area (Å²) in [5.41, 5.74) is -1.45. The van der Waals surface area contributed by atoms with Gasteiger partial charge in [0, 0.05) is 22.5 Å². The van der Waals surface area contributed by atoms with Gasteiger partial charge in [0.2, 0.25) is 11.8 Å². The Hall–Kier alpha value is -3.65. The molecule has 14 heteroatoms. The van der Waals surface area contributed by atoms with Crippen LogP contribution in [0.1, 0.15) is 50.5 Å². The van der Waals surface area contributed by atoms with E-state index in [1.54, 1.807) is 0 Å². The highest BCUT2D eigenvalue weighted by Crippen LogP contribution is 2.45. The number of anilines is 1. The number of rotatable bonds is 5. The molecule has 1 saturated carbocycles. The second-order valence-electron chi connectivity index (χ2n) is 12.0. The van der Waals surface area contributed by atoms with Crippen molar-refractivity contribution in [1.82, 2.24) is 15.2 Å². The van der Waals surface area contributed by atoms with E-state index < -0.39 is 53.2 Å². The van der Waals surface area contributed by atoms with E-state index in [-0.39, 0.29) is 31.0 Å². The van der Waals surface area contributed by atoms with Crippen molar-refractivity contribution in [3.63, 3.8) is 0 Å². The molecule has 6 rings (SSSR count). The predicted molar refractivity (Wildman–Crippen MR) is 170 cm³/mol. The summed E-state index contributed by atoms with van der Waals surface area (Å²) in [5.74, 6) is -2.59. The summed E-state index contributed by atoms with van der Waals surface area (Å²) >= 11 is 4.76. The number of carbonyl (C=O) groups is 3. The number of allylic oxidation sites excluding steroid dienone is 1. The third kappa shape index (κ3) is 6.87. The molecule has 244 valence electrons. The van der Waals surface area contributed by atoms with Crippen LogP contribution in [0, 0.1) is 5.92 Å². The van der Waals surface area contributed by atoms with E-state index in [9.17, 15) is 32.7 Å². The molecular weight excluding hydrogens is 689 g/mol. The van der Waals surface area contributed by atoms with Crippen molar-refractivity contribution in [3.05, 3.63) is 64.7 Å². The number of nitrogens with one attached hydrogen (secondary N) is 2. The van der Waals surface area contributed by atoms with Crippen LogP contribution in [0.5, 0.6) is 5.19 Å². The van der Waals surface area contributed by atoms with E-state index in [1.165, 1.54) is 28.4 Å². The second-order valence-corrected chi connectivity index (χ2v) is 13.9. The molecule has 2 aliphatic heterocycles. The number of hydrogen-bond acceptors (Lipinski definition) is 7. The summed E-state index contributed by atoms with van der Waals surface area (Å²) in [6.07, 6.45) is 2.09. The molecule has 9 nitrogen and oxygen atoms in total. The summed E-state index contributed by atoms with van der Waals surface area (Å²) in [5, 5.41) is 16.2. The molecule has 2 fully saturated rings. The number of fused-ring (bicyclic) bond motifs is 3. The van der Waals surface area contributed by atoms with Crippen molar-refractivity contribution in [2.24, 2.45) is 5.92 Å². The molecule has 2 amide bonds. The quantitative estimate of drug-likeness (QED) is 0.262. The zero-order valence-electron chi connectivity index (χ0n) is 24.6. The average molecular weight is 722 g/mol. The number of hydrogen-bond donors (Lipinski definition) is 3. The molecule has 2 aromatic carbocycles. The molecule has 1 aliphatic carbocycles. The number of ether oxygens (including phenoxy) is 1. The average Bonchev–Trinajstić information content (AvgIpc) is 3.32. The number of benzene rings is 2. The number of aliphatic carboxylic acids is 1. The van der Waals surface area contributed by atoms with Crippen LogP contribution in [0.2, 0.25) is 0 Å². The molecule has 1 aromatic heterocycles. The molecule has 3 aliphatic rings. The van der Waals surface area contributed by atoms with Gasteiger partial charge in [0.15, 0.2) is 0 Å². The third-order valence-corrected chi connectivity index (χ3v) is 10.2. The van der Waals surface area contributed by atoms with Crippen LogP contribution < -0.4 is 15.4 Å². The van der Waals surface area contributed by atoms with E-state index in [4.69, 9.17) is 4.74 Å². The molecule has 5 atom stereocenters. The zero-order chi connectivity index (χ0) is 32.6. The number of halogens is 4. The van der Waals surface area contributed by atoms with Crippen molar-refractivity contribution >= 4 is 61.0 Å². The summed E-state index contributed by atoms with van der Waals surface area (Å²) in [4.78, 5) is 46.3. The maximum atomic E-state index is 14.2. The lowest BCUT2D eigenvalue weighted by Gasteiger charge is -2.30. The van der Waals surface area contributed by atoms with Crippen LogP contribution in [0.4, 0.5) is 18.9 Å². The molecule has 3 N–H and O–H groups in total. The Morgan fingerprint density at radius 1 is 1.17 bits per heavy atom. The van der Waals surface area contributed by atoms with Crippen molar-refractivity contribution < 1.29 is 37.4 Å². The van der Waals surface area contributed by atoms with Crippen LogP contribution in [0.3, 0.4) is 0 Å². The number of alkyl halides is 3. The van der Waals surface area contributed by atoms with Crippen LogP contribution >= 0.6 is 27.3 Å². The van der Waals surface area contributed by atoms with Crippen LogP contribution in [-0.4, -0.2) is 63.0 Å². The highest BCUT2D eigenvalue weighted by Gasteiger charge is 2.61. The summed E-state index contributed by atoms with van der Waals surface area (Å²) in [6.45, 7) is 0.0146. The normalized spacial score (nSPS) is 28.0. The largest absolute Gasteiger partial charge is 0.479 e. The SMILES string of the molecule is O=C1N[C@]2(C(=O)O)C[C@H]2/C=C\CCCCC[C@H](Nc2cccc(C(F)(F)F)c2)C(=O)N2C[C@H](Oc3nc4ccc(Br)cc4s3)C[C@@H]12. The van der Waals surface area contributed by atoms with Gasteiger partial charge >= 0.3 is 12.1 Å². The van der Waals surface area contributed by atoms with E-state index >= 15 is 0 Å². The Labute approximate surface area is 275 Å². The molecule has 0 bridgehead atoms. The third-order valence-electron chi connectivity index (χ3n) is 8.75. The summed E-state index contributed by atoms with van der Waals surface area (Å²) in [6, 6.07) is 8.29. The van der Waals surface area contributed by atoms with Gasteiger partial charge in [-0.15, -0.1) is 0 Å². The number of thiazole rings is 1. The monoisotopic (exact) mass is 720 g/mol. The van der Waals surface area contributed by atoms with Gasteiger partial charge in [-0.25, -0.2) is 9.78 Å². The number of carboxylic acid groups (broad SMARTS) is 1. The smallest absolute Gasteiger partial charge is 0.416 e. The standard InChI is InChI=1S/C32H32BrF3N4O5S/c33-20-11-12-23-26(14-20)46-30(38-23)45-22-15-25-27(41)39-31(29(43)44)16-19(31)7-4-2-1-3-5-10-24(28(42)40(25)17-22)37-21-9-6-8-18(13-21)32(34,35)36/h4,6-9,11-14,19,22,24-25,37H,1-3,5,10,15-17H2,(H,39,41)(H,43,44)/b7-4-/t19-,22-,24+,25+,31-/m1/s1. The van der Waals surface area contributed by atoms with Crippen LogP contribution in [0.15, 0.2) is 59.1 Å². The van der Waals surface area contributed by atoms with E-state index in [0.717, 1.165) is 39.7 Å². The second kappa shape index (κ2) is 12.9. The predicted octanol–water partition coefficient (Wildman–Crippen LogP) is 6.39. The van der Waals surface area contributed by atoms with Crippen LogP contribution in [-0.2, 0) is 20.6 Å². The van der Waals surface area contributed by atoms with Crippen molar-refractivity contribution in [2.75, 3.05) is 11.9 Å². The maximum Gasteiger partial charge on any atom is 0.416 e. The molecular formula is C32H32BrF3N4O5S. The number of carboxylic acids is 1. The summed E-state index contributed by atoms with van der Waals surface area (Å²) < 4.78 is 48.4. The Balaban J connectivity index is 1.30. The molecule has 1 saturated heterocycles. The van der Waals surface area contributed by atoms with Gasteiger partial charge in [0.1, 0.15) is 23.7 Å². The minimum atomic E-state index is -4.56. The van der Waals surface area contributed by atoms with E-state index in [0.29, 0.717) is 24.5 Å². The van der Waals surface area contributed by atoms with Crippen molar-refractivity contribution in [1.29, 1.82) is 0 Å². The molecule has 0 radical (unpaired) electrons. The number of aromatic nitrogens is 1. The fraction of sp³-hybridized carbons (Fsp3) is 0.438. The van der Waals surface area contributed by atoms with Crippen molar-refractivity contribution in [2.45, 2.75) is 74.8 Å². The number of amides is 2. The topological polar surface area (TPSA) is 121 Å². The molecule has 46 heavy (non-hydrogen) atoms. The molecule has 3 aromatic rings. The highest BCUT2D eigenvalue weighted by molar-refractivity contribution is 9.10. The van der Waals surface area contributed by atoms with Gasteiger partial charge in [0.25, 0.3) is 5.19 Å². The van der Waals surface area contributed by atoms with Crippen molar-refractivity contribution in [3.8, 4) is 5.19 Å². The lowest BCUT2D eigenvalue weighted by molar-refractivity contribution is -0.145. The Morgan fingerprint density at radius 2 is 2.00 bits per heavy atom. The van der Waals surface area contributed by atoms with Gasteiger partial charge in [-0.2, -0.15) is 13.2 Å². The number of nitrogens with zero attached hydrogens (tertiary/aromatic N) is 2. The first-order valence-corrected chi connectivity index (χ1v) is 16.7. The highest BCUT2D eigenvalue weighted by atomic mass is 79.9.